The summed E-state index contributed by atoms with van der Waals surface area (Å²) >= 11 is 1.59. The van der Waals surface area contributed by atoms with Gasteiger partial charge in [0.1, 0.15) is 14.9 Å². The number of hydrogen-bond acceptors (Lipinski definition) is 6. The Bertz CT molecular complexity index is 1350. The molecule has 6 nitrogen and oxygen atoms in total. The number of aryl methyl sites for hydroxylation is 1. The molecule has 0 bridgehead atoms. The average molecular weight is 465 g/mol. The third-order valence-corrected chi connectivity index (χ3v) is 8.84. The molecule has 1 aliphatic heterocycles. The van der Waals surface area contributed by atoms with Gasteiger partial charge in [0.25, 0.3) is 0 Å². The number of rotatable bonds is 5. The van der Waals surface area contributed by atoms with Crippen molar-refractivity contribution in [3.63, 3.8) is 0 Å². The van der Waals surface area contributed by atoms with Crippen LogP contribution in [0, 0.1) is 6.92 Å². The molecule has 1 atom stereocenters. The van der Waals surface area contributed by atoms with E-state index < -0.39 is 10.0 Å². The van der Waals surface area contributed by atoms with Gasteiger partial charge < -0.3 is 0 Å². The van der Waals surface area contributed by atoms with Crippen molar-refractivity contribution in [1.82, 2.24) is 19.5 Å². The number of nitrogens with zero attached hydrogens (tertiary/aromatic N) is 4. The Labute approximate surface area is 192 Å². The maximum absolute atomic E-state index is 13.6. The molecule has 4 aromatic rings. The predicted octanol–water partition coefficient (Wildman–Crippen LogP) is 4.55. The summed E-state index contributed by atoms with van der Waals surface area (Å²) in [6.45, 7) is 2.81. The summed E-state index contributed by atoms with van der Waals surface area (Å²) in [7, 11) is -3.66. The van der Waals surface area contributed by atoms with E-state index in [4.69, 9.17) is 0 Å². The van der Waals surface area contributed by atoms with Gasteiger partial charge in [-0.3, -0.25) is 4.98 Å². The number of sulfonamides is 1. The summed E-state index contributed by atoms with van der Waals surface area (Å²) in [6, 6.07) is 19.4. The minimum absolute atomic E-state index is 0.0604. The Morgan fingerprint density at radius 1 is 1.03 bits per heavy atom. The molecule has 8 heteroatoms. The zero-order valence-corrected chi connectivity index (χ0v) is 19.4. The molecule has 1 fully saturated rings. The molecule has 0 aliphatic carbocycles. The van der Waals surface area contributed by atoms with Gasteiger partial charge in [-0.25, -0.2) is 8.42 Å². The molecule has 0 N–H and O–H groups in total. The van der Waals surface area contributed by atoms with Gasteiger partial charge in [0.2, 0.25) is 10.0 Å². The SMILES string of the molecule is Cc1ccc2cccc(S(=O)(=O)N3CCCC(c4nnc(Cc5ccccc5)s4)C3)c2n1. The summed E-state index contributed by atoms with van der Waals surface area (Å²) in [5.74, 6) is 0.0604. The topological polar surface area (TPSA) is 76.1 Å². The van der Waals surface area contributed by atoms with Crippen LogP contribution in [0.1, 0.15) is 40.0 Å². The maximum Gasteiger partial charge on any atom is 0.245 e. The summed E-state index contributed by atoms with van der Waals surface area (Å²) in [5, 5.41) is 11.5. The van der Waals surface area contributed by atoms with Gasteiger partial charge in [0.05, 0.1) is 5.52 Å². The van der Waals surface area contributed by atoms with Crippen LogP contribution in [0.4, 0.5) is 0 Å². The third kappa shape index (κ3) is 4.18. The smallest absolute Gasteiger partial charge is 0.245 e. The molecule has 3 heterocycles. The Morgan fingerprint density at radius 3 is 2.72 bits per heavy atom. The second-order valence-electron chi connectivity index (χ2n) is 8.18. The number of piperidine rings is 1. The zero-order chi connectivity index (χ0) is 22.1. The molecule has 5 rings (SSSR count). The number of pyridine rings is 1. The molecule has 2 aromatic heterocycles. The van der Waals surface area contributed by atoms with E-state index >= 15 is 0 Å². The number of benzene rings is 2. The lowest BCUT2D eigenvalue weighted by Gasteiger charge is -2.31. The van der Waals surface area contributed by atoms with Crippen LogP contribution in [-0.2, 0) is 16.4 Å². The molecule has 0 saturated carbocycles. The number of hydrogen-bond donors (Lipinski definition) is 0. The van der Waals surface area contributed by atoms with Crippen molar-refractivity contribution in [2.75, 3.05) is 13.1 Å². The lowest BCUT2D eigenvalue weighted by molar-refractivity contribution is 0.315. The quantitative estimate of drug-likeness (QED) is 0.433. The van der Waals surface area contributed by atoms with Gasteiger partial charge in [-0.05, 0) is 37.5 Å². The molecule has 32 heavy (non-hydrogen) atoms. The minimum Gasteiger partial charge on any atom is -0.252 e. The predicted molar refractivity (Wildman–Crippen MR) is 126 cm³/mol. The van der Waals surface area contributed by atoms with Gasteiger partial charge in [0.15, 0.2) is 0 Å². The highest BCUT2D eigenvalue weighted by Crippen LogP contribution is 2.33. The molecule has 0 amide bonds. The van der Waals surface area contributed by atoms with Crippen LogP contribution in [0.2, 0.25) is 0 Å². The van der Waals surface area contributed by atoms with Crippen LogP contribution in [0.15, 0.2) is 65.6 Å². The van der Waals surface area contributed by atoms with E-state index in [9.17, 15) is 8.42 Å². The standard InChI is InChI=1S/C24H24N4O2S2/c1-17-12-13-19-9-5-11-21(23(19)25-17)32(29,30)28-14-6-10-20(16-28)24-27-26-22(31-24)15-18-7-3-2-4-8-18/h2-5,7-9,11-13,20H,6,10,14-16H2,1H3. The second kappa shape index (κ2) is 8.69. The summed E-state index contributed by atoms with van der Waals surface area (Å²) in [4.78, 5) is 4.81. The number of aromatic nitrogens is 3. The van der Waals surface area contributed by atoms with Crippen molar-refractivity contribution in [1.29, 1.82) is 0 Å². The summed E-state index contributed by atoms with van der Waals surface area (Å²) in [5.41, 5.74) is 2.54. The summed E-state index contributed by atoms with van der Waals surface area (Å²) in [6.07, 6.45) is 2.46. The maximum atomic E-state index is 13.6. The van der Waals surface area contributed by atoms with Crippen LogP contribution in [-0.4, -0.2) is 41.0 Å². The monoisotopic (exact) mass is 464 g/mol. The highest BCUT2D eigenvalue weighted by atomic mass is 32.2. The van der Waals surface area contributed by atoms with Crippen LogP contribution < -0.4 is 0 Å². The van der Waals surface area contributed by atoms with Crippen molar-refractivity contribution < 1.29 is 8.42 Å². The lowest BCUT2D eigenvalue weighted by atomic mass is 10.0. The molecule has 164 valence electrons. The normalized spacial score (nSPS) is 17.6. The van der Waals surface area contributed by atoms with E-state index in [1.807, 2.05) is 43.3 Å². The van der Waals surface area contributed by atoms with Crippen molar-refractivity contribution in [2.24, 2.45) is 0 Å². The molecule has 1 aliphatic rings. The first kappa shape index (κ1) is 21.2. The van der Waals surface area contributed by atoms with Crippen molar-refractivity contribution in [2.45, 2.75) is 37.0 Å². The van der Waals surface area contributed by atoms with E-state index in [2.05, 4.69) is 27.3 Å². The Balaban J connectivity index is 1.39. The molecular formula is C24H24N4O2S2. The Morgan fingerprint density at radius 2 is 1.88 bits per heavy atom. The van der Waals surface area contributed by atoms with E-state index in [1.165, 1.54) is 5.56 Å². The first-order valence-corrected chi connectivity index (χ1v) is 13.0. The minimum atomic E-state index is -3.66. The van der Waals surface area contributed by atoms with Crippen LogP contribution in [0.3, 0.4) is 0 Å². The Hall–Kier alpha value is -2.68. The highest BCUT2D eigenvalue weighted by Gasteiger charge is 2.33. The van der Waals surface area contributed by atoms with E-state index in [0.29, 0.717) is 18.6 Å². The zero-order valence-electron chi connectivity index (χ0n) is 17.8. The van der Waals surface area contributed by atoms with Crippen LogP contribution in [0.25, 0.3) is 10.9 Å². The first-order valence-electron chi connectivity index (χ1n) is 10.7. The second-order valence-corrected chi connectivity index (χ2v) is 11.2. The van der Waals surface area contributed by atoms with Gasteiger partial charge in [-0.2, -0.15) is 4.31 Å². The fourth-order valence-electron chi connectivity index (χ4n) is 4.20. The fourth-order valence-corrected chi connectivity index (χ4v) is 6.89. The average Bonchev–Trinajstić information content (AvgIpc) is 3.28. The molecule has 2 aromatic carbocycles. The van der Waals surface area contributed by atoms with Gasteiger partial charge >= 0.3 is 0 Å². The Kier molecular flexibility index (Phi) is 5.75. The van der Waals surface area contributed by atoms with Crippen molar-refractivity contribution in [3.8, 4) is 0 Å². The largest absolute Gasteiger partial charge is 0.252 e. The molecule has 1 saturated heterocycles. The van der Waals surface area contributed by atoms with Gasteiger partial charge in [-0.1, -0.05) is 48.5 Å². The van der Waals surface area contributed by atoms with Crippen LogP contribution in [0.5, 0.6) is 0 Å². The fraction of sp³-hybridized carbons (Fsp3) is 0.292. The highest BCUT2D eigenvalue weighted by molar-refractivity contribution is 7.89. The van der Waals surface area contributed by atoms with E-state index in [0.717, 1.165) is 40.4 Å². The third-order valence-electron chi connectivity index (χ3n) is 5.85. The molecule has 0 radical (unpaired) electrons. The van der Waals surface area contributed by atoms with Crippen molar-refractivity contribution in [3.05, 3.63) is 81.9 Å². The first-order chi connectivity index (χ1) is 15.5. The molecule has 0 spiro atoms. The lowest BCUT2D eigenvalue weighted by Crippen LogP contribution is -2.39. The van der Waals surface area contributed by atoms with E-state index in [-0.39, 0.29) is 10.8 Å². The van der Waals surface area contributed by atoms with Crippen molar-refractivity contribution >= 4 is 32.3 Å². The number of fused-ring (bicyclic) bond motifs is 1. The van der Waals surface area contributed by atoms with Gasteiger partial charge in [-0.15, -0.1) is 21.5 Å². The molecule has 1 unspecified atom stereocenters. The van der Waals surface area contributed by atoms with E-state index in [1.54, 1.807) is 27.8 Å². The molecular weight excluding hydrogens is 440 g/mol. The van der Waals surface area contributed by atoms with Gasteiger partial charge in [0, 0.05) is 36.5 Å². The number of para-hydroxylation sites is 1. The summed E-state index contributed by atoms with van der Waals surface area (Å²) < 4.78 is 28.8. The van der Waals surface area contributed by atoms with Crippen LogP contribution >= 0.6 is 11.3 Å².